The highest BCUT2D eigenvalue weighted by molar-refractivity contribution is 6.31. The fraction of sp³-hybridized carbons (Fsp3) is 0.414. The molecule has 1 atom stereocenters. The average Bonchev–Trinajstić information content (AvgIpc) is 3.55. The molecular weight excluding hydrogens is 486 g/mol. The molecule has 5 heterocycles. The number of aromatic nitrogens is 3. The van der Waals surface area contributed by atoms with Crippen LogP contribution in [0, 0.1) is 19.3 Å². The molecular formula is C29H30ClN5O2. The first-order valence-corrected chi connectivity index (χ1v) is 13.4. The molecule has 37 heavy (non-hydrogen) atoms. The van der Waals surface area contributed by atoms with E-state index in [2.05, 4.69) is 47.6 Å². The van der Waals surface area contributed by atoms with Gasteiger partial charge in [0.1, 0.15) is 5.82 Å². The summed E-state index contributed by atoms with van der Waals surface area (Å²) >= 11 is 6.22. The first-order chi connectivity index (χ1) is 18.0. The molecule has 3 fully saturated rings. The minimum atomic E-state index is -0.0376. The zero-order chi connectivity index (χ0) is 25.1. The van der Waals surface area contributed by atoms with E-state index in [9.17, 15) is 0 Å². The molecule has 2 aromatic heterocycles. The Morgan fingerprint density at radius 2 is 1.84 bits per heavy atom. The lowest BCUT2D eigenvalue weighted by Crippen LogP contribution is -2.57. The smallest absolute Gasteiger partial charge is 0.212 e. The number of fused-ring (bicyclic) bond motifs is 2. The SMILES string of the molecule is Cc1cc2nc(N3CCC4(CC3)COC4N=C3CCOC3)n(-c3ccc4cc(Cl)ccc4n3)c2cc1C. The number of imidazole rings is 1. The summed E-state index contributed by atoms with van der Waals surface area (Å²) < 4.78 is 13.7. The summed E-state index contributed by atoms with van der Waals surface area (Å²) in [5.41, 5.74) is 6.74. The Morgan fingerprint density at radius 3 is 2.59 bits per heavy atom. The van der Waals surface area contributed by atoms with Gasteiger partial charge in [0.25, 0.3) is 0 Å². The van der Waals surface area contributed by atoms with E-state index in [1.54, 1.807) is 0 Å². The van der Waals surface area contributed by atoms with Gasteiger partial charge in [0, 0.05) is 41.0 Å². The number of benzene rings is 2. The van der Waals surface area contributed by atoms with E-state index in [1.807, 2.05) is 18.2 Å². The number of ether oxygens (including phenoxy) is 2. The number of aryl methyl sites for hydroxylation is 2. The fourth-order valence-electron chi connectivity index (χ4n) is 5.80. The number of anilines is 1. The third-order valence-corrected chi connectivity index (χ3v) is 8.55. The van der Waals surface area contributed by atoms with Crippen molar-refractivity contribution in [3.05, 3.63) is 58.6 Å². The maximum absolute atomic E-state index is 6.22. The van der Waals surface area contributed by atoms with Crippen LogP contribution in [0.15, 0.2) is 47.5 Å². The van der Waals surface area contributed by atoms with Gasteiger partial charge in [0.05, 0.1) is 36.4 Å². The lowest BCUT2D eigenvalue weighted by atomic mass is 9.74. The summed E-state index contributed by atoms with van der Waals surface area (Å²) in [4.78, 5) is 17.5. The number of hydrogen-bond acceptors (Lipinski definition) is 6. The Balaban J connectivity index is 1.25. The van der Waals surface area contributed by atoms with Gasteiger partial charge in [-0.05, 0) is 80.3 Å². The Labute approximate surface area is 221 Å². The van der Waals surface area contributed by atoms with E-state index in [1.165, 1.54) is 11.1 Å². The van der Waals surface area contributed by atoms with Crippen molar-refractivity contribution in [3.63, 3.8) is 0 Å². The normalized spacial score (nSPS) is 22.4. The van der Waals surface area contributed by atoms with Crippen LogP contribution in [-0.2, 0) is 9.47 Å². The maximum Gasteiger partial charge on any atom is 0.212 e. The second-order valence-electron chi connectivity index (χ2n) is 10.7. The second kappa shape index (κ2) is 8.79. The van der Waals surface area contributed by atoms with Gasteiger partial charge >= 0.3 is 0 Å². The van der Waals surface area contributed by atoms with Gasteiger partial charge < -0.3 is 14.4 Å². The molecule has 190 valence electrons. The standard InChI is InChI=1S/C29H30ClN5O2/c1-18-13-24-25(14-19(18)2)35(26-6-3-20-15-21(30)4-5-23(20)32-26)28(33-24)34-10-8-29(9-11-34)17-37-27(29)31-22-7-12-36-16-22/h3-6,13-15,27H,7-12,16-17H2,1-2H3. The first kappa shape index (κ1) is 23.1. The fourth-order valence-corrected chi connectivity index (χ4v) is 5.98. The lowest BCUT2D eigenvalue weighted by molar-refractivity contribution is -0.191. The van der Waals surface area contributed by atoms with Crippen molar-refractivity contribution in [2.75, 3.05) is 37.8 Å². The highest BCUT2D eigenvalue weighted by Gasteiger charge is 2.50. The van der Waals surface area contributed by atoms with Gasteiger partial charge in [-0.3, -0.25) is 9.56 Å². The van der Waals surface area contributed by atoms with Crippen LogP contribution in [0.4, 0.5) is 5.95 Å². The highest BCUT2D eigenvalue weighted by atomic mass is 35.5. The summed E-state index contributed by atoms with van der Waals surface area (Å²) in [5.74, 6) is 1.82. The van der Waals surface area contributed by atoms with Crippen molar-refractivity contribution in [1.82, 2.24) is 14.5 Å². The van der Waals surface area contributed by atoms with Gasteiger partial charge in [-0.1, -0.05) is 11.6 Å². The van der Waals surface area contributed by atoms with Crippen LogP contribution in [0.1, 0.15) is 30.4 Å². The van der Waals surface area contributed by atoms with E-state index in [0.29, 0.717) is 11.6 Å². The molecule has 0 amide bonds. The number of hydrogen-bond donors (Lipinski definition) is 0. The first-order valence-electron chi connectivity index (χ1n) is 13.1. The Morgan fingerprint density at radius 1 is 1.00 bits per heavy atom. The second-order valence-corrected chi connectivity index (χ2v) is 11.1. The van der Waals surface area contributed by atoms with Crippen LogP contribution in [0.25, 0.3) is 27.8 Å². The molecule has 2 aromatic carbocycles. The molecule has 0 saturated carbocycles. The van der Waals surface area contributed by atoms with E-state index in [-0.39, 0.29) is 11.6 Å². The summed E-state index contributed by atoms with van der Waals surface area (Å²) in [6, 6.07) is 14.4. The van der Waals surface area contributed by atoms with Crippen molar-refractivity contribution in [3.8, 4) is 5.82 Å². The van der Waals surface area contributed by atoms with Crippen molar-refractivity contribution in [2.45, 2.75) is 39.3 Å². The molecule has 0 aliphatic carbocycles. The number of pyridine rings is 1. The minimum Gasteiger partial charge on any atom is -0.375 e. The largest absolute Gasteiger partial charge is 0.375 e. The van der Waals surface area contributed by atoms with Gasteiger partial charge in [-0.15, -0.1) is 0 Å². The van der Waals surface area contributed by atoms with Crippen molar-refractivity contribution >= 4 is 45.2 Å². The third kappa shape index (κ3) is 3.92. The quantitative estimate of drug-likeness (QED) is 0.353. The van der Waals surface area contributed by atoms with Gasteiger partial charge in [0.15, 0.2) is 6.23 Å². The van der Waals surface area contributed by atoms with E-state index >= 15 is 0 Å². The number of halogens is 1. The van der Waals surface area contributed by atoms with E-state index in [4.69, 9.17) is 36.0 Å². The maximum atomic E-state index is 6.22. The molecule has 3 aliphatic rings. The summed E-state index contributed by atoms with van der Waals surface area (Å²) in [5, 5.41) is 1.74. The van der Waals surface area contributed by atoms with Crippen LogP contribution in [0.3, 0.4) is 0 Å². The van der Waals surface area contributed by atoms with Gasteiger partial charge in [-0.25, -0.2) is 9.97 Å². The molecule has 8 heteroatoms. The summed E-state index contributed by atoms with van der Waals surface area (Å²) in [7, 11) is 0. The number of rotatable bonds is 3. The van der Waals surface area contributed by atoms with Crippen LogP contribution in [0.5, 0.6) is 0 Å². The van der Waals surface area contributed by atoms with Crippen LogP contribution < -0.4 is 4.90 Å². The molecule has 7 nitrogen and oxygen atoms in total. The Bertz CT molecular complexity index is 1550. The molecule has 0 bridgehead atoms. The lowest BCUT2D eigenvalue weighted by Gasteiger charge is -2.51. The monoisotopic (exact) mass is 515 g/mol. The third-order valence-electron chi connectivity index (χ3n) is 8.32. The van der Waals surface area contributed by atoms with Crippen LogP contribution in [0.2, 0.25) is 5.02 Å². The van der Waals surface area contributed by atoms with Crippen molar-refractivity contribution in [1.29, 1.82) is 0 Å². The molecule has 7 rings (SSSR count). The molecule has 1 spiro atoms. The molecule has 0 radical (unpaired) electrons. The Kier molecular flexibility index (Phi) is 5.50. The van der Waals surface area contributed by atoms with E-state index < -0.39 is 0 Å². The molecule has 3 saturated heterocycles. The predicted molar refractivity (Wildman–Crippen MR) is 147 cm³/mol. The molecule has 3 aliphatic heterocycles. The van der Waals surface area contributed by atoms with Gasteiger partial charge in [-0.2, -0.15) is 0 Å². The zero-order valence-electron chi connectivity index (χ0n) is 21.2. The van der Waals surface area contributed by atoms with Crippen molar-refractivity contribution < 1.29 is 9.47 Å². The number of piperidine rings is 1. The number of aliphatic imine (C=N–C) groups is 1. The highest BCUT2D eigenvalue weighted by Crippen LogP contribution is 2.46. The van der Waals surface area contributed by atoms with Crippen LogP contribution in [-0.4, -0.2) is 59.4 Å². The van der Waals surface area contributed by atoms with Crippen LogP contribution >= 0.6 is 11.6 Å². The predicted octanol–water partition coefficient (Wildman–Crippen LogP) is 5.65. The number of nitrogens with zero attached hydrogens (tertiary/aromatic N) is 5. The summed E-state index contributed by atoms with van der Waals surface area (Å²) in [6.45, 7) is 8.32. The van der Waals surface area contributed by atoms with Gasteiger partial charge in [0.2, 0.25) is 5.95 Å². The molecule has 1 unspecified atom stereocenters. The Hall–Kier alpha value is -3.00. The minimum absolute atomic E-state index is 0.0376. The van der Waals surface area contributed by atoms with Crippen molar-refractivity contribution in [2.24, 2.45) is 10.4 Å². The van der Waals surface area contributed by atoms with E-state index in [0.717, 1.165) is 85.0 Å². The summed E-state index contributed by atoms with van der Waals surface area (Å²) in [6.07, 6.45) is 2.94. The average molecular weight is 516 g/mol. The zero-order valence-corrected chi connectivity index (χ0v) is 22.0. The molecule has 0 N–H and O–H groups in total. The molecule has 4 aromatic rings. The topological polar surface area (TPSA) is 64.8 Å².